The molecule has 3 amide bonds. The summed E-state index contributed by atoms with van der Waals surface area (Å²) in [5.41, 5.74) is 3.53. The molecule has 2 rings (SSSR count). The molecule has 4 N–H and O–H groups in total. The minimum absolute atomic E-state index is 0.0343. The summed E-state index contributed by atoms with van der Waals surface area (Å²) >= 11 is 0. The fraction of sp³-hybridized carbons (Fsp3) is 0.318. The van der Waals surface area contributed by atoms with Gasteiger partial charge in [0, 0.05) is 35.6 Å². The number of hydrogen-bond donors (Lipinski definition) is 4. The van der Waals surface area contributed by atoms with E-state index in [1.807, 2.05) is 26.0 Å². The minimum atomic E-state index is -0.215. The van der Waals surface area contributed by atoms with Crippen LogP contribution in [0.1, 0.15) is 38.7 Å². The van der Waals surface area contributed by atoms with Gasteiger partial charge in [-0.1, -0.05) is 26.0 Å². The van der Waals surface area contributed by atoms with Gasteiger partial charge in [-0.3, -0.25) is 14.4 Å². The maximum absolute atomic E-state index is 12.3. The van der Waals surface area contributed by atoms with Crippen LogP contribution in [0.4, 0.5) is 22.7 Å². The fourth-order valence-corrected chi connectivity index (χ4v) is 2.68. The normalized spacial score (nSPS) is 10.2. The van der Waals surface area contributed by atoms with Gasteiger partial charge in [0.1, 0.15) is 0 Å². The smallest absolute Gasteiger partial charge is 0.243 e. The van der Waals surface area contributed by atoms with E-state index < -0.39 is 0 Å². The summed E-state index contributed by atoms with van der Waals surface area (Å²) in [5, 5.41) is 11.6. The van der Waals surface area contributed by atoms with E-state index in [2.05, 4.69) is 21.3 Å². The molecule has 2 aromatic carbocycles. The molecule has 7 nitrogen and oxygen atoms in total. The summed E-state index contributed by atoms with van der Waals surface area (Å²) in [4.78, 5) is 35.7. The van der Waals surface area contributed by atoms with Crippen molar-refractivity contribution in [3.63, 3.8) is 0 Å². The number of anilines is 4. The highest BCUT2D eigenvalue weighted by Gasteiger charge is 2.09. The van der Waals surface area contributed by atoms with Crippen LogP contribution in [-0.4, -0.2) is 24.3 Å². The first-order valence-corrected chi connectivity index (χ1v) is 9.76. The van der Waals surface area contributed by atoms with Gasteiger partial charge in [0.25, 0.3) is 0 Å². The van der Waals surface area contributed by atoms with Crippen molar-refractivity contribution in [3.8, 4) is 0 Å². The van der Waals surface area contributed by atoms with Crippen molar-refractivity contribution in [2.75, 3.05) is 27.8 Å². The van der Waals surface area contributed by atoms with E-state index in [-0.39, 0.29) is 24.3 Å². The van der Waals surface area contributed by atoms with Gasteiger partial charge in [0.05, 0.1) is 6.54 Å². The van der Waals surface area contributed by atoms with E-state index in [1.54, 1.807) is 37.3 Å². The highest BCUT2D eigenvalue weighted by atomic mass is 16.2. The maximum Gasteiger partial charge on any atom is 0.243 e. The monoisotopic (exact) mass is 396 g/mol. The Morgan fingerprint density at radius 3 is 2.07 bits per heavy atom. The Bertz CT molecular complexity index is 880. The van der Waals surface area contributed by atoms with Crippen molar-refractivity contribution in [2.45, 2.75) is 40.0 Å². The third-order valence-corrected chi connectivity index (χ3v) is 4.28. The molecule has 29 heavy (non-hydrogen) atoms. The summed E-state index contributed by atoms with van der Waals surface area (Å²) in [6, 6.07) is 12.6. The molecular formula is C22H28N4O3. The quantitative estimate of drug-likeness (QED) is 0.512. The van der Waals surface area contributed by atoms with E-state index in [4.69, 9.17) is 0 Å². The molecule has 0 saturated carbocycles. The van der Waals surface area contributed by atoms with E-state index in [1.165, 1.54) is 0 Å². The van der Waals surface area contributed by atoms with Crippen molar-refractivity contribution in [1.82, 2.24) is 0 Å². The zero-order valence-electron chi connectivity index (χ0n) is 17.1. The molecule has 0 aliphatic heterocycles. The number of amides is 3. The molecule has 0 atom stereocenters. The van der Waals surface area contributed by atoms with Crippen LogP contribution in [-0.2, 0) is 14.4 Å². The van der Waals surface area contributed by atoms with Gasteiger partial charge in [0.15, 0.2) is 0 Å². The van der Waals surface area contributed by atoms with Gasteiger partial charge in [-0.05, 0) is 49.2 Å². The van der Waals surface area contributed by atoms with Crippen LogP contribution in [0.25, 0.3) is 0 Å². The third-order valence-electron chi connectivity index (χ3n) is 4.28. The summed E-state index contributed by atoms with van der Waals surface area (Å²) in [6.45, 7) is 5.64. The molecular weight excluding hydrogens is 368 g/mol. The SMILES string of the molecule is CCCC(=O)Nc1cccc(NCC(=O)Nc2cccc(NC(=O)CC)c2C)c1. The van der Waals surface area contributed by atoms with E-state index >= 15 is 0 Å². The lowest BCUT2D eigenvalue weighted by molar-refractivity contribution is -0.116. The van der Waals surface area contributed by atoms with Crippen LogP contribution in [0.5, 0.6) is 0 Å². The van der Waals surface area contributed by atoms with Gasteiger partial charge in [0.2, 0.25) is 17.7 Å². The first-order valence-electron chi connectivity index (χ1n) is 9.76. The van der Waals surface area contributed by atoms with Crippen molar-refractivity contribution in [2.24, 2.45) is 0 Å². The van der Waals surface area contributed by atoms with Crippen molar-refractivity contribution in [3.05, 3.63) is 48.0 Å². The zero-order valence-corrected chi connectivity index (χ0v) is 17.1. The predicted molar refractivity (Wildman–Crippen MR) is 117 cm³/mol. The second kappa shape index (κ2) is 10.8. The van der Waals surface area contributed by atoms with Gasteiger partial charge >= 0.3 is 0 Å². The highest BCUT2D eigenvalue weighted by Crippen LogP contribution is 2.23. The fourth-order valence-electron chi connectivity index (χ4n) is 2.68. The second-order valence-electron chi connectivity index (χ2n) is 6.66. The number of benzene rings is 2. The van der Waals surface area contributed by atoms with Gasteiger partial charge < -0.3 is 21.3 Å². The summed E-state index contributed by atoms with van der Waals surface area (Å²) < 4.78 is 0. The number of rotatable bonds is 9. The largest absolute Gasteiger partial charge is 0.376 e. The molecule has 0 bridgehead atoms. The molecule has 0 radical (unpaired) electrons. The van der Waals surface area contributed by atoms with Crippen LogP contribution >= 0.6 is 0 Å². The number of carbonyl (C=O) groups excluding carboxylic acids is 3. The lowest BCUT2D eigenvalue weighted by atomic mass is 10.1. The lowest BCUT2D eigenvalue weighted by Gasteiger charge is -2.14. The molecule has 154 valence electrons. The molecule has 7 heteroatoms. The van der Waals surface area contributed by atoms with Crippen LogP contribution in [0.2, 0.25) is 0 Å². The van der Waals surface area contributed by atoms with Crippen molar-refractivity contribution >= 4 is 40.5 Å². The van der Waals surface area contributed by atoms with Gasteiger partial charge in [-0.15, -0.1) is 0 Å². The van der Waals surface area contributed by atoms with Gasteiger partial charge in [-0.25, -0.2) is 0 Å². The Balaban J connectivity index is 1.94. The predicted octanol–water partition coefficient (Wildman–Crippen LogP) is 4.13. The summed E-state index contributed by atoms with van der Waals surface area (Å²) in [5.74, 6) is -0.329. The van der Waals surface area contributed by atoms with Crippen molar-refractivity contribution in [1.29, 1.82) is 0 Å². The number of hydrogen-bond acceptors (Lipinski definition) is 4. The highest BCUT2D eigenvalue weighted by molar-refractivity contribution is 5.97. The Kier molecular flexibility index (Phi) is 8.21. The third kappa shape index (κ3) is 6.95. The Morgan fingerprint density at radius 2 is 1.41 bits per heavy atom. The minimum Gasteiger partial charge on any atom is -0.376 e. The second-order valence-corrected chi connectivity index (χ2v) is 6.66. The Hall–Kier alpha value is -3.35. The van der Waals surface area contributed by atoms with Gasteiger partial charge in [-0.2, -0.15) is 0 Å². The Morgan fingerprint density at radius 1 is 0.793 bits per heavy atom. The molecule has 2 aromatic rings. The molecule has 0 saturated heterocycles. The maximum atomic E-state index is 12.3. The molecule has 0 fully saturated rings. The first kappa shape index (κ1) is 21.9. The van der Waals surface area contributed by atoms with Crippen LogP contribution in [0.15, 0.2) is 42.5 Å². The van der Waals surface area contributed by atoms with Crippen LogP contribution in [0.3, 0.4) is 0 Å². The van der Waals surface area contributed by atoms with E-state index in [0.717, 1.165) is 17.7 Å². The molecule has 0 spiro atoms. The molecule has 0 heterocycles. The van der Waals surface area contributed by atoms with E-state index in [0.29, 0.717) is 29.9 Å². The van der Waals surface area contributed by atoms with Crippen LogP contribution in [0, 0.1) is 6.92 Å². The average Bonchev–Trinajstić information content (AvgIpc) is 2.70. The lowest BCUT2D eigenvalue weighted by Crippen LogP contribution is -2.22. The molecule has 0 aromatic heterocycles. The molecule has 0 aliphatic rings. The zero-order chi connectivity index (χ0) is 21.2. The Labute approximate surface area is 171 Å². The standard InChI is InChI=1S/C22H28N4O3/c1-4-8-21(28)24-17-10-6-9-16(13-17)23-14-22(29)26-19-12-7-11-18(15(19)3)25-20(27)5-2/h6-7,9-13,23H,4-5,8,14H2,1-3H3,(H,24,28)(H,25,27)(H,26,29). The summed E-state index contributed by atoms with van der Waals surface area (Å²) in [7, 11) is 0. The number of carbonyl (C=O) groups is 3. The first-order chi connectivity index (χ1) is 13.9. The topological polar surface area (TPSA) is 99.3 Å². The van der Waals surface area contributed by atoms with Crippen LogP contribution < -0.4 is 21.3 Å². The average molecular weight is 396 g/mol. The number of nitrogens with one attached hydrogen (secondary N) is 4. The molecule has 0 unspecified atom stereocenters. The van der Waals surface area contributed by atoms with E-state index in [9.17, 15) is 14.4 Å². The van der Waals surface area contributed by atoms with Crippen molar-refractivity contribution < 1.29 is 14.4 Å². The molecule has 0 aliphatic carbocycles. The summed E-state index contributed by atoms with van der Waals surface area (Å²) in [6.07, 6.45) is 1.64.